The van der Waals surface area contributed by atoms with Crippen molar-refractivity contribution in [3.8, 4) is 0 Å². The Morgan fingerprint density at radius 1 is 0.411 bits per heavy atom. The number of ether oxygens (including phenoxy) is 2. The summed E-state index contributed by atoms with van der Waals surface area (Å²) in [6, 6.07) is 0. The van der Waals surface area contributed by atoms with Gasteiger partial charge in [0, 0.05) is 19.4 Å². The van der Waals surface area contributed by atoms with Gasteiger partial charge in [0.1, 0.15) is 6.61 Å². The van der Waals surface area contributed by atoms with Gasteiger partial charge in [-0.3, -0.25) is 18.6 Å². The van der Waals surface area contributed by atoms with Crippen LogP contribution in [0.1, 0.15) is 168 Å². The molecule has 0 saturated heterocycles. The molecule has 0 aliphatic rings. The van der Waals surface area contributed by atoms with Crippen LogP contribution in [-0.2, 0) is 32.7 Å². The topological polar surface area (TPSA) is 134 Å². The average molecular weight is 1030 g/mol. The van der Waals surface area contributed by atoms with Gasteiger partial charge in [-0.2, -0.15) is 0 Å². The second-order valence-electron chi connectivity index (χ2n) is 17.0. The van der Waals surface area contributed by atoms with E-state index in [2.05, 4.69) is 196 Å². The molecule has 0 aliphatic heterocycles. The minimum Gasteiger partial charge on any atom is -0.462 e. The van der Waals surface area contributed by atoms with E-state index in [-0.39, 0.29) is 32.6 Å². The molecule has 0 spiro atoms. The first-order chi connectivity index (χ1) is 35.8. The Balaban J connectivity index is 4.14. The molecule has 0 rings (SSSR count). The number of unbranched alkanes of at least 4 members (excludes halogenated alkanes) is 5. The molecule has 0 saturated carbocycles. The summed E-state index contributed by atoms with van der Waals surface area (Å²) >= 11 is 0. The Hall–Kier alpha value is -4.89. The highest BCUT2D eigenvalue weighted by Crippen LogP contribution is 2.43. The van der Waals surface area contributed by atoms with Crippen molar-refractivity contribution in [1.29, 1.82) is 0 Å². The first kappa shape index (κ1) is 68.1. The third kappa shape index (κ3) is 56.3. The van der Waals surface area contributed by atoms with E-state index in [1.54, 1.807) is 0 Å². The summed E-state index contributed by atoms with van der Waals surface area (Å²) in [7, 11) is -4.42. The molecule has 0 fully saturated rings. The van der Waals surface area contributed by atoms with Gasteiger partial charge in [-0.25, -0.2) is 4.57 Å². The van der Waals surface area contributed by atoms with E-state index in [1.165, 1.54) is 0 Å². The highest BCUT2D eigenvalue weighted by Gasteiger charge is 2.26. The van der Waals surface area contributed by atoms with E-state index in [9.17, 15) is 19.0 Å². The summed E-state index contributed by atoms with van der Waals surface area (Å²) in [5.41, 5.74) is 5.36. The number of rotatable bonds is 48. The maximum absolute atomic E-state index is 12.6. The van der Waals surface area contributed by atoms with Crippen molar-refractivity contribution in [3.63, 3.8) is 0 Å². The van der Waals surface area contributed by atoms with E-state index >= 15 is 0 Å². The van der Waals surface area contributed by atoms with Gasteiger partial charge in [0.2, 0.25) is 0 Å². The predicted octanol–water partition coefficient (Wildman–Crippen LogP) is 17.3. The van der Waals surface area contributed by atoms with Gasteiger partial charge in [-0.05, 0) is 135 Å². The average Bonchev–Trinajstić information content (AvgIpc) is 3.38. The van der Waals surface area contributed by atoms with Crippen LogP contribution in [0.3, 0.4) is 0 Å². The fraction of sp³-hybridized carbons (Fsp3) is 0.492. The maximum Gasteiger partial charge on any atom is 0.472 e. The standard InChI is InChI=1S/C63H96NO8P/c1-3-5-7-9-11-13-15-17-18-19-20-21-22-23-24-25-26-27-28-29-30-31-32-33-34-35-36-37-38-39-40-41-42-44-46-48-50-52-54-56-63(66)72-61(60-71-73(67,68)70-58-57-64)59-69-62(65)55-53-51-49-47-45-43-16-14-12-10-8-6-4-2/h5-8,11-14,17-18,20-21,23-24,26-27,29-30,32-33,35-36,38-39,41-43,45-46,48,61H,3-4,9-10,15-16,19,22,25,28,31,34,37,40,44,47,49-60,64H2,1-2H3,(H,67,68)/b7-5-,8-6-,13-11-,14-12-,18-17-,21-20-,24-23-,27-26-,30-29-,33-32-,36-35-,39-38-,42-41-,45-43-,48-46-. The van der Waals surface area contributed by atoms with Gasteiger partial charge < -0.3 is 20.1 Å². The zero-order valence-electron chi connectivity index (χ0n) is 45.0. The molecular formula is C63H96NO8P. The van der Waals surface area contributed by atoms with Crippen LogP contribution in [0.15, 0.2) is 182 Å². The molecule has 10 heteroatoms. The van der Waals surface area contributed by atoms with Gasteiger partial charge in [0.05, 0.1) is 13.2 Å². The smallest absolute Gasteiger partial charge is 0.462 e. The van der Waals surface area contributed by atoms with Gasteiger partial charge in [0.25, 0.3) is 0 Å². The normalized spacial score (nSPS) is 14.5. The lowest BCUT2D eigenvalue weighted by molar-refractivity contribution is -0.161. The quantitative estimate of drug-likeness (QED) is 0.0264. The van der Waals surface area contributed by atoms with E-state index in [1.807, 2.05) is 0 Å². The van der Waals surface area contributed by atoms with Crippen LogP contribution in [0.2, 0.25) is 0 Å². The molecular weight excluding hydrogens is 930 g/mol. The second kappa shape index (κ2) is 56.4. The van der Waals surface area contributed by atoms with Crippen molar-refractivity contribution in [2.75, 3.05) is 26.4 Å². The van der Waals surface area contributed by atoms with E-state index < -0.39 is 32.5 Å². The Bertz CT molecular complexity index is 1840. The van der Waals surface area contributed by atoms with Crippen molar-refractivity contribution in [3.05, 3.63) is 182 Å². The fourth-order valence-electron chi connectivity index (χ4n) is 6.33. The van der Waals surface area contributed by atoms with Crippen LogP contribution < -0.4 is 5.73 Å². The molecule has 0 heterocycles. The van der Waals surface area contributed by atoms with E-state index in [4.69, 9.17) is 24.3 Å². The highest BCUT2D eigenvalue weighted by molar-refractivity contribution is 7.47. The molecule has 0 radical (unpaired) electrons. The monoisotopic (exact) mass is 1030 g/mol. The molecule has 406 valence electrons. The first-order valence-corrected chi connectivity index (χ1v) is 28.8. The number of phosphoric ester groups is 1. The largest absolute Gasteiger partial charge is 0.472 e. The summed E-state index contributed by atoms with van der Waals surface area (Å²) in [5, 5.41) is 0. The summed E-state index contributed by atoms with van der Waals surface area (Å²) in [6.45, 7) is 3.37. The van der Waals surface area contributed by atoms with Crippen molar-refractivity contribution >= 4 is 19.8 Å². The zero-order valence-corrected chi connectivity index (χ0v) is 45.9. The number of esters is 2. The predicted molar refractivity (Wildman–Crippen MR) is 311 cm³/mol. The Morgan fingerprint density at radius 2 is 0.712 bits per heavy atom. The number of carbonyl (C=O) groups is 2. The number of hydrogen-bond donors (Lipinski definition) is 2. The molecule has 0 aromatic carbocycles. The molecule has 2 unspecified atom stereocenters. The van der Waals surface area contributed by atoms with Crippen molar-refractivity contribution in [2.24, 2.45) is 5.73 Å². The number of carbonyl (C=O) groups excluding carboxylic acids is 2. The summed E-state index contributed by atoms with van der Waals surface area (Å²) in [5.74, 6) is -0.934. The van der Waals surface area contributed by atoms with Gasteiger partial charge in [0.15, 0.2) is 6.10 Å². The van der Waals surface area contributed by atoms with E-state index in [0.717, 1.165) is 128 Å². The minimum absolute atomic E-state index is 0.0314. The Kier molecular flexibility index (Phi) is 52.6. The molecule has 3 N–H and O–H groups in total. The molecule has 9 nitrogen and oxygen atoms in total. The number of nitrogens with two attached hydrogens (primary N) is 1. The van der Waals surface area contributed by atoms with Gasteiger partial charge in [-0.15, -0.1) is 0 Å². The number of hydrogen-bond acceptors (Lipinski definition) is 8. The fourth-order valence-corrected chi connectivity index (χ4v) is 7.10. The zero-order chi connectivity index (χ0) is 53.1. The van der Waals surface area contributed by atoms with Crippen molar-refractivity contribution < 1.29 is 37.6 Å². The lowest BCUT2D eigenvalue weighted by Gasteiger charge is -2.19. The first-order valence-electron chi connectivity index (χ1n) is 27.3. The van der Waals surface area contributed by atoms with Gasteiger partial charge >= 0.3 is 19.8 Å². The van der Waals surface area contributed by atoms with Crippen LogP contribution in [0.4, 0.5) is 0 Å². The van der Waals surface area contributed by atoms with Crippen molar-refractivity contribution in [1.82, 2.24) is 0 Å². The lowest BCUT2D eigenvalue weighted by Crippen LogP contribution is -2.29. The number of allylic oxidation sites excluding steroid dienone is 30. The lowest BCUT2D eigenvalue weighted by atomic mass is 10.1. The summed E-state index contributed by atoms with van der Waals surface area (Å²) < 4.78 is 32.8. The highest BCUT2D eigenvalue weighted by atomic mass is 31.2. The van der Waals surface area contributed by atoms with Crippen LogP contribution in [-0.4, -0.2) is 49.3 Å². The van der Waals surface area contributed by atoms with Crippen LogP contribution in [0.5, 0.6) is 0 Å². The third-order valence-corrected chi connectivity index (χ3v) is 11.3. The summed E-state index contributed by atoms with van der Waals surface area (Å²) in [6.07, 6.45) is 85.3. The molecule has 2 atom stereocenters. The molecule has 0 aliphatic carbocycles. The SMILES string of the molecule is CC/C=C\C/C=C\C/C=C\C/C=C\C/C=C\C/C=C\C/C=C\C/C=C\C/C=C\C/C=C\C/C=C\C/C=C\CCCCC(=O)OC(COC(=O)CCCCC/C=C\C/C=C\C/C=C\CC)COP(=O)(O)OCCN. The Morgan fingerprint density at radius 3 is 1.05 bits per heavy atom. The molecule has 0 aromatic heterocycles. The molecule has 0 bridgehead atoms. The van der Waals surface area contributed by atoms with E-state index in [0.29, 0.717) is 12.8 Å². The third-order valence-electron chi connectivity index (χ3n) is 10.3. The Labute approximate surface area is 443 Å². The second-order valence-corrected chi connectivity index (χ2v) is 18.4. The molecule has 0 aromatic rings. The van der Waals surface area contributed by atoms with Crippen LogP contribution in [0.25, 0.3) is 0 Å². The van der Waals surface area contributed by atoms with Gasteiger partial charge in [-0.1, -0.05) is 203 Å². The maximum atomic E-state index is 12.6. The van der Waals surface area contributed by atoms with Crippen molar-refractivity contribution in [2.45, 2.75) is 174 Å². The minimum atomic E-state index is -4.42. The van der Waals surface area contributed by atoms with Crippen LogP contribution >= 0.6 is 7.82 Å². The molecule has 73 heavy (non-hydrogen) atoms. The number of phosphoric acid groups is 1. The van der Waals surface area contributed by atoms with Crippen LogP contribution in [0, 0.1) is 0 Å². The summed E-state index contributed by atoms with van der Waals surface area (Å²) in [4.78, 5) is 35.0. The molecule has 0 amide bonds.